The molecule has 1 heterocycles. The maximum Gasteiger partial charge on any atom is 0.225 e. The summed E-state index contributed by atoms with van der Waals surface area (Å²) < 4.78 is 5.45. The Kier molecular flexibility index (Phi) is 4.61. The number of carbonyl (C=O) groups excluding carboxylic acids is 1. The predicted molar refractivity (Wildman–Crippen MR) is 103 cm³/mol. The molecule has 1 aliphatic carbocycles. The molecule has 26 heavy (non-hydrogen) atoms. The number of hydrogen-bond acceptors (Lipinski definition) is 3. The van der Waals surface area contributed by atoms with Gasteiger partial charge in [-0.05, 0) is 42.5 Å². The fourth-order valence-corrected chi connectivity index (χ4v) is 3.83. The molecule has 5 heteroatoms. The third-order valence-corrected chi connectivity index (χ3v) is 5.19. The van der Waals surface area contributed by atoms with Crippen LogP contribution in [0.3, 0.4) is 0 Å². The average Bonchev–Trinajstić information content (AvgIpc) is 3.31. The Morgan fingerprint density at radius 3 is 2.85 bits per heavy atom. The fraction of sp³-hybridized carbons (Fsp3) is 0.333. The zero-order valence-corrected chi connectivity index (χ0v) is 14.9. The summed E-state index contributed by atoms with van der Waals surface area (Å²) >= 11 is 0. The van der Waals surface area contributed by atoms with Crippen LogP contribution in [0.5, 0.6) is 5.75 Å². The highest BCUT2D eigenvalue weighted by Gasteiger charge is 2.19. The first-order chi connectivity index (χ1) is 12.7. The number of anilines is 1. The number of nitrogens with zero attached hydrogens (tertiary/aromatic N) is 1. The summed E-state index contributed by atoms with van der Waals surface area (Å²) in [6, 6.07) is 14.0. The largest absolute Gasteiger partial charge is 0.496 e. The number of H-pyrrole nitrogens is 1. The van der Waals surface area contributed by atoms with E-state index in [9.17, 15) is 4.79 Å². The molecule has 0 radical (unpaired) electrons. The fourth-order valence-electron chi connectivity index (χ4n) is 3.83. The number of carbonyl (C=O) groups is 1. The van der Waals surface area contributed by atoms with Gasteiger partial charge in [-0.3, -0.25) is 9.89 Å². The molecule has 1 fully saturated rings. The van der Waals surface area contributed by atoms with Crippen LogP contribution in [0.25, 0.3) is 22.0 Å². The van der Waals surface area contributed by atoms with E-state index < -0.39 is 0 Å². The summed E-state index contributed by atoms with van der Waals surface area (Å²) in [6.07, 6.45) is 5.41. The lowest BCUT2D eigenvalue weighted by molar-refractivity contribution is -0.117. The topological polar surface area (TPSA) is 67.0 Å². The molecular weight excluding hydrogens is 326 g/mol. The first-order valence-electron chi connectivity index (χ1n) is 9.16. The minimum atomic E-state index is 0.0547. The van der Waals surface area contributed by atoms with E-state index in [-0.39, 0.29) is 5.91 Å². The smallest absolute Gasteiger partial charge is 0.225 e. The van der Waals surface area contributed by atoms with Gasteiger partial charge in [0.15, 0.2) is 5.82 Å². The lowest BCUT2D eigenvalue weighted by Crippen LogP contribution is -2.15. The number of hydrogen-bond donors (Lipinski definition) is 2. The van der Waals surface area contributed by atoms with Gasteiger partial charge < -0.3 is 10.1 Å². The minimum Gasteiger partial charge on any atom is -0.496 e. The molecule has 1 amide bonds. The number of rotatable bonds is 5. The molecule has 3 aromatic rings. The summed E-state index contributed by atoms with van der Waals surface area (Å²) in [5.41, 5.74) is 2.96. The highest BCUT2D eigenvalue weighted by molar-refractivity contribution is 6.00. The van der Waals surface area contributed by atoms with Crippen LogP contribution in [0.1, 0.15) is 32.1 Å². The van der Waals surface area contributed by atoms with Gasteiger partial charge in [-0.1, -0.05) is 37.1 Å². The van der Waals surface area contributed by atoms with E-state index in [1.165, 1.54) is 12.8 Å². The molecule has 0 aliphatic heterocycles. The monoisotopic (exact) mass is 349 g/mol. The van der Waals surface area contributed by atoms with E-state index in [1.54, 1.807) is 7.11 Å². The predicted octanol–water partition coefficient (Wildman–Crippen LogP) is 4.76. The van der Waals surface area contributed by atoms with Gasteiger partial charge in [0.2, 0.25) is 5.91 Å². The van der Waals surface area contributed by atoms with Crippen molar-refractivity contribution in [3.8, 4) is 16.9 Å². The molecule has 0 spiro atoms. The molecule has 2 N–H and O–H groups in total. The molecule has 0 atom stereocenters. The zero-order valence-electron chi connectivity index (χ0n) is 14.9. The lowest BCUT2D eigenvalue weighted by atomic mass is 10.0. The molecule has 1 saturated carbocycles. The molecular formula is C21H23N3O2. The van der Waals surface area contributed by atoms with Gasteiger partial charge in [0.05, 0.1) is 12.6 Å². The van der Waals surface area contributed by atoms with Gasteiger partial charge >= 0.3 is 0 Å². The van der Waals surface area contributed by atoms with Gasteiger partial charge in [0, 0.05) is 17.4 Å². The number of aromatic nitrogens is 2. The summed E-state index contributed by atoms with van der Waals surface area (Å²) in [7, 11) is 1.67. The number of fused-ring (bicyclic) bond motifs is 1. The maximum atomic E-state index is 12.3. The molecule has 4 rings (SSSR count). The highest BCUT2D eigenvalue weighted by Crippen LogP contribution is 2.33. The molecule has 1 aromatic heterocycles. The number of aromatic amines is 1. The van der Waals surface area contributed by atoms with Gasteiger partial charge in [0.1, 0.15) is 5.75 Å². The zero-order chi connectivity index (χ0) is 17.9. The Bertz CT molecular complexity index is 926. The molecule has 0 bridgehead atoms. The van der Waals surface area contributed by atoms with Crippen LogP contribution in [0.2, 0.25) is 0 Å². The maximum absolute atomic E-state index is 12.3. The van der Waals surface area contributed by atoms with Crippen LogP contribution in [0.15, 0.2) is 42.5 Å². The Balaban J connectivity index is 1.56. The van der Waals surface area contributed by atoms with E-state index >= 15 is 0 Å². The third-order valence-electron chi connectivity index (χ3n) is 5.19. The Labute approximate surface area is 152 Å². The van der Waals surface area contributed by atoms with E-state index in [2.05, 4.69) is 15.5 Å². The van der Waals surface area contributed by atoms with E-state index in [0.717, 1.165) is 40.6 Å². The molecule has 0 saturated heterocycles. The van der Waals surface area contributed by atoms with Crippen LogP contribution in [-0.2, 0) is 4.79 Å². The van der Waals surface area contributed by atoms with Gasteiger partial charge in [0.25, 0.3) is 0 Å². The normalized spacial score (nSPS) is 14.7. The highest BCUT2D eigenvalue weighted by atomic mass is 16.5. The van der Waals surface area contributed by atoms with Crippen molar-refractivity contribution >= 4 is 22.6 Å². The summed E-state index contributed by atoms with van der Waals surface area (Å²) in [6.45, 7) is 0. The Morgan fingerprint density at radius 1 is 1.23 bits per heavy atom. The number of benzene rings is 2. The first kappa shape index (κ1) is 16.6. The van der Waals surface area contributed by atoms with Gasteiger partial charge in [-0.2, -0.15) is 5.10 Å². The molecule has 1 aliphatic rings. The van der Waals surface area contributed by atoms with Crippen LogP contribution < -0.4 is 10.1 Å². The van der Waals surface area contributed by atoms with E-state index in [4.69, 9.17) is 4.74 Å². The van der Waals surface area contributed by atoms with Crippen LogP contribution in [-0.4, -0.2) is 23.2 Å². The van der Waals surface area contributed by atoms with Crippen molar-refractivity contribution < 1.29 is 9.53 Å². The number of amides is 1. The Morgan fingerprint density at radius 2 is 2.04 bits per heavy atom. The number of methoxy groups -OCH3 is 1. The second-order valence-corrected chi connectivity index (χ2v) is 6.94. The summed E-state index contributed by atoms with van der Waals surface area (Å²) in [4.78, 5) is 12.3. The van der Waals surface area contributed by atoms with Crippen molar-refractivity contribution in [2.24, 2.45) is 5.92 Å². The lowest BCUT2D eigenvalue weighted by Gasteiger charge is -2.09. The standard InChI is InChI=1S/C21H23N3O2/c1-26-19-9-5-4-8-16(19)15-10-11-17-18(13-15)23-24-21(17)22-20(25)12-14-6-2-3-7-14/h4-5,8-11,13-14H,2-3,6-7,12H2,1H3,(H2,22,23,24,25). The van der Waals surface area contributed by atoms with Crippen molar-refractivity contribution in [2.75, 3.05) is 12.4 Å². The van der Waals surface area contributed by atoms with Crippen molar-refractivity contribution in [1.29, 1.82) is 0 Å². The second kappa shape index (κ2) is 7.20. The second-order valence-electron chi connectivity index (χ2n) is 6.94. The minimum absolute atomic E-state index is 0.0547. The summed E-state index contributed by atoms with van der Waals surface area (Å²) in [5.74, 6) is 2.02. The molecule has 0 unspecified atom stereocenters. The van der Waals surface area contributed by atoms with Crippen molar-refractivity contribution in [3.05, 3.63) is 42.5 Å². The van der Waals surface area contributed by atoms with Crippen molar-refractivity contribution in [2.45, 2.75) is 32.1 Å². The van der Waals surface area contributed by atoms with Crippen molar-refractivity contribution in [1.82, 2.24) is 10.2 Å². The van der Waals surface area contributed by atoms with Crippen LogP contribution in [0.4, 0.5) is 5.82 Å². The van der Waals surface area contributed by atoms with Crippen LogP contribution in [0, 0.1) is 5.92 Å². The van der Waals surface area contributed by atoms with Crippen LogP contribution >= 0.6 is 0 Å². The molecule has 2 aromatic carbocycles. The molecule has 134 valence electrons. The third kappa shape index (κ3) is 3.29. The van der Waals surface area contributed by atoms with E-state index in [1.807, 2.05) is 42.5 Å². The average molecular weight is 349 g/mol. The SMILES string of the molecule is COc1ccccc1-c1ccc2c(NC(=O)CC3CCCC3)n[nH]c2c1. The number of ether oxygens (including phenoxy) is 1. The van der Waals surface area contributed by atoms with E-state index in [0.29, 0.717) is 18.2 Å². The van der Waals surface area contributed by atoms with Gasteiger partial charge in [-0.15, -0.1) is 0 Å². The quantitative estimate of drug-likeness (QED) is 0.698. The summed E-state index contributed by atoms with van der Waals surface area (Å²) in [5, 5.41) is 11.2. The van der Waals surface area contributed by atoms with Crippen molar-refractivity contribution in [3.63, 3.8) is 0 Å². The first-order valence-corrected chi connectivity index (χ1v) is 9.16. The molecule has 5 nitrogen and oxygen atoms in total. The van der Waals surface area contributed by atoms with Gasteiger partial charge in [-0.25, -0.2) is 0 Å². The Hall–Kier alpha value is -2.82. The number of nitrogens with one attached hydrogen (secondary N) is 2. The number of para-hydroxylation sites is 1.